The third-order valence-corrected chi connectivity index (χ3v) is 2.75. The zero-order chi connectivity index (χ0) is 8.91. The van der Waals surface area contributed by atoms with Crippen LogP contribution in [0.1, 0.15) is 13.3 Å². The van der Waals surface area contributed by atoms with Crippen LogP contribution in [-0.4, -0.2) is 31.2 Å². The molecule has 0 amide bonds. The highest BCUT2D eigenvalue weighted by Gasteiger charge is 2.03. The zero-order valence-corrected chi connectivity index (χ0v) is 8.40. The predicted octanol–water partition coefficient (Wildman–Crippen LogP) is 1.94. The van der Waals surface area contributed by atoms with E-state index in [1.165, 1.54) is 0 Å². The zero-order valence-electron chi connectivity index (χ0n) is 7.50. The Hall–Kier alpha value is -0.0700. The Morgan fingerprint density at radius 1 is 1.55 bits per heavy atom. The van der Waals surface area contributed by atoms with Gasteiger partial charge >= 0.3 is 0 Å². The van der Waals surface area contributed by atoms with Crippen molar-refractivity contribution in [1.29, 1.82) is 0 Å². The predicted molar refractivity (Wildman–Crippen MR) is 49.8 cm³/mol. The summed E-state index contributed by atoms with van der Waals surface area (Å²) in [5, 5.41) is 8.63. The first kappa shape index (κ1) is 10.9. The van der Waals surface area contributed by atoms with Crippen molar-refractivity contribution in [2.24, 2.45) is 0 Å². The molecule has 0 fully saturated rings. The van der Waals surface area contributed by atoms with Crippen molar-refractivity contribution >= 4 is 7.14 Å². The van der Waals surface area contributed by atoms with Gasteiger partial charge in [-0.3, -0.25) is 0 Å². The van der Waals surface area contributed by atoms with E-state index in [-0.39, 0.29) is 6.61 Å². The Kier molecular flexibility index (Phi) is 4.71. The molecule has 0 bridgehead atoms. The fourth-order valence-corrected chi connectivity index (χ4v) is 1.44. The second-order valence-electron chi connectivity index (χ2n) is 3.29. The minimum Gasteiger partial charge on any atom is -0.392 e. The molecular formula is C8H17O2P. The maximum Gasteiger partial charge on any atom is 0.0822 e. The van der Waals surface area contributed by atoms with Gasteiger partial charge in [0.05, 0.1) is 13.7 Å². The summed E-state index contributed by atoms with van der Waals surface area (Å²) in [6.45, 7) is 5.55. The van der Waals surface area contributed by atoms with Gasteiger partial charge in [0.2, 0.25) is 0 Å². The van der Waals surface area contributed by atoms with E-state index in [0.717, 1.165) is 18.2 Å². The van der Waals surface area contributed by atoms with Crippen LogP contribution in [0.4, 0.5) is 0 Å². The van der Waals surface area contributed by atoms with Crippen LogP contribution >= 0.6 is 7.14 Å². The van der Waals surface area contributed by atoms with E-state index in [1.54, 1.807) is 13.3 Å². The molecule has 0 spiro atoms. The Balaban J connectivity index is 3.66. The molecule has 66 valence electrons. The molecule has 0 rings (SSSR count). The first-order chi connectivity index (χ1) is 4.95. The Morgan fingerprint density at radius 3 is 2.45 bits per heavy atom. The van der Waals surface area contributed by atoms with Crippen molar-refractivity contribution in [2.45, 2.75) is 13.3 Å². The lowest BCUT2D eigenvalue weighted by molar-refractivity contribution is 0.331. The average molecular weight is 176 g/mol. The number of allylic oxidation sites excluding steroid dienone is 1. The van der Waals surface area contributed by atoms with E-state index in [1.807, 2.05) is 13.0 Å². The van der Waals surface area contributed by atoms with Crippen LogP contribution in [0.2, 0.25) is 0 Å². The van der Waals surface area contributed by atoms with Gasteiger partial charge in [-0.2, -0.15) is 0 Å². The van der Waals surface area contributed by atoms with E-state index >= 15 is 0 Å². The van der Waals surface area contributed by atoms with Crippen LogP contribution in [0.3, 0.4) is 0 Å². The van der Waals surface area contributed by atoms with Gasteiger partial charge in [0.1, 0.15) is 0 Å². The lowest BCUT2D eigenvalue weighted by Crippen LogP contribution is -1.87. The molecular weight excluding hydrogens is 159 g/mol. The fourth-order valence-electron chi connectivity index (χ4n) is 0.686. The second kappa shape index (κ2) is 4.74. The molecule has 0 atom stereocenters. The van der Waals surface area contributed by atoms with Crippen molar-refractivity contribution < 1.29 is 9.67 Å². The minimum atomic E-state index is -1.86. The smallest absolute Gasteiger partial charge is 0.0822 e. The Labute approximate surface area is 68.7 Å². The third-order valence-electron chi connectivity index (χ3n) is 1.41. The summed E-state index contributed by atoms with van der Waals surface area (Å²) in [5.41, 5.74) is 0.957. The van der Waals surface area contributed by atoms with E-state index < -0.39 is 7.14 Å². The van der Waals surface area contributed by atoms with E-state index in [0.29, 0.717) is 0 Å². The van der Waals surface area contributed by atoms with Crippen molar-refractivity contribution in [2.75, 3.05) is 26.1 Å². The summed E-state index contributed by atoms with van der Waals surface area (Å²) in [5.74, 6) is 0. The van der Waals surface area contributed by atoms with Gasteiger partial charge in [0.15, 0.2) is 0 Å². The number of aliphatic hydroxyl groups excluding tert-OH is 1. The normalized spacial score (nSPS) is 13.6. The molecule has 0 aliphatic carbocycles. The topological polar surface area (TPSA) is 37.3 Å². The highest BCUT2D eigenvalue weighted by atomic mass is 31.2. The fraction of sp³-hybridized carbons (Fsp3) is 0.750. The van der Waals surface area contributed by atoms with Gasteiger partial charge in [-0.15, -0.1) is 0 Å². The van der Waals surface area contributed by atoms with Crippen molar-refractivity contribution in [3.63, 3.8) is 0 Å². The Morgan fingerprint density at radius 2 is 2.09 bits per heavy atom. The lowest BCUT2D eigenvalue weighted by Gasteiger charge is -2.02. The molecule has 2 nitrogen and oxygen atoms in total. The summed E-state index contributed by atoms with van der Waals surface area (Å²) in [4.78, 5) is 0. The molecule has 11 heavy (non-hydrogen) atoms. The van der Waals surface area contributed by atoms with E-state index in [9.17, 15) is 4.57 Å². The highest BCUT2D eigenvalue weighted by Crippen LogP contribution is 2.36. The lowest BCUT2D eigenvalue weighted by atomic mass is 10.3. The first-order valence-electron chi connectivity index (χ1n) is 3.76. The summed E-state index contributed by atoms with van der Waals surface area (Å²) in [6, 6.07) is 0. The van der Waals surface area contributed by atoms with Gasteiger partial charge in [-0.25, -0.2) is 0 Å². The van der Waals surface area contributed by atoms with Crippen LogP contribution in [0.25, 0.3) is 0 Å². The van der Waals surface area contributed by atoms with Gasteiger partial charge in [0.25, 0.3) is 0 Å². The van der Waals surface area contributed by atoms with Crippen molar-refractivity contribution in [1.82, 2.24) is 0 Å². The van der Waals surface area contributed by atoms with Gasteiger partial charge in [-0.05, 0) is 26.7 Å². The molecule has 0 aromatic carbocycles. The number of aliphatic hydroxyl groups is 1. The van der Waals surface area contributed by atoms with Crippen LogP contribution < -0.4 is 0 Å². The summed E-state index contributed by atoms with van der Waals surface area (Å²) in [6.07, 6.45) is 3.50. The molecule has 0 aromatic heterocycles. The molecule has 1 N–H and O–H groups in total. The molecule has 0 aromatic rings. The summed E-state index contributed by atoms with van der Waals surface area (Å²) >= 11 is 0. The van der Waals surface area contributed by atoms with Crippen LogP contribution in [0.5, 0.6) is 0 Å². The molecule has 0 saturated heterocycles. The van der Waals surface area contributed by atoms with Crippen molar-refractivity contribution in [3.05, 3.63) is 11.6 Å². The monoisotopic (exact) mass is 176 g/mol. The average Bonchev–Trinajstić information content (AvgIpc) is 1.85. The summed E-state index contributed by atoms with van der Waals surface area (Å²) in [7, 11) is -1.86. The van der Waals surface area contributed by atoms with Gasteiger partial charge in [0, 0.05) is 6.16 Å². The SMILES string of the molecule is C/C(=C\CCP(C)(C)=O)CO. The molecule has 3 heteroatoms. The first-order valence-corrected chi connectivity index (χ1v) is 6.55. The summed E-state index contributed by atoms with van der Waals surface area (Å²) < 4.78 is 11.2. The van der Waals surface area contributed by atoms with E-state index in [2.05, 4.69) is 0 Å². The molecule has 0 heterocycles. The van der Waals surface area contributed by atoms with Crippen molar-refractivity contribution in [3.8, 4) is 0 Å². The maximum atomic E-state index is 11.2. The minimum absolute atomic E-state index is 0.109. The van der Waals surface area contributed by atoms with Gasteiger partial charge in [-0.1, -0.05) is 11.6 Å². The number of rotatable bonds is 4. The van der Waals surface area contributed by atoms with Gasteiger partial charge < -0.3 is 9.67 Å². The van der Waals surface area contributed by atoms with Crippen LogP contribution in [0, 0.1) is 0 Å². The number of hydrogen-bond donors (Lipinski definition) is 1. The van der Waals surface area contributed by atoms with E-state index in [4.69, 9.17) is 5.11 Å². The third kappa shape index (κ3) is 7.83. The molecule has 0 unspecified atom stereocenters. The van der Waals surface area contributed by atoms with Crippen LogP contribution in [0.15, 0.2) is 11.6 Å². The standard InChI is InChI=1S/C8H17O2P/c1-8(7-9)5-4-6-11(2,3)10/h5,9H,4,6-7H2,1-3H3/b8-5+. The van der Waals surface area contributed by atoms with Crippen LogP contribution in [-0.2, 0) is 4.57 Å². The Bertz CT molecular complexity index is 179. The molecule has 0 saturated carbocycles. The molecule has 0 aliphatic heterocycles. The molecule has 0 radical (unpaired) electrons. The quantitative estimate of drug-likeness (QED) is 0.525. The number of hydrogen-bond acceptors (Lipinski definition) is 2. The largest absolute Gasteiger partial charge is 0.392 e. The maximum absolute atomic E-state index is 11.2. The molecule has 0 aliphatic rings. The second-order valence-corrected chi connectivity index (χ2v) is 6.89. The highest BCUT2D eigenvalue weighted by molar-refractivity contribution is 7.62.